The Morgan fingerprint density at radius 2 is 2.00 bits per heavy atom. The van der Waals surface area contributed by atoms with E-state index < -0.39 is 0 Å². The van der Waals surface area contributed by atoms with Crippen LogP contribution in [0.3, 0.4) is 0 Å². The molecule has 1 aliphatic heterocycles. The molecule has 4 nitrogen and oxygen atoms in total. The van der Waals surface area contributed by atoms with Crippen molar-refractivity contribution in [2.24, 2.45) is 0 Å². The molecule has 0 radical (unpaired) electrons. The van der Waals surface area contributed by atoms with Crippen molar-refractivity contribution in [3.05, 3.63) is 30.3 Å². The first-order valence-corrected chi connectivity index (χ1v) is 6.42. The lowest BCUT2D eigenvalue weighted by molar-refractivity contribution is 0.590. The number of nitrogens with zero attached hydrogens (tertiary/aromatic N) is 2. The van der Waals surface area contributed by atoms with E-state index in [4.69, 9.17) is 4.98 Å². The number of fused-ring (bicyclic) bond motifs is 1. The Bertz CT molecular complexity index is 546. The van der Waals surface area contributed by atoms with Crippen LogP contribution in [0.15, 0.2) is 30.3 Å². The van der Waals surface area contributed by atoms with E-state index >= 15 is 0 Å². The number of pyridine rings is 1. The van der Waals surface area contributed by atoms with Gasteiger partial charge >= 0.3 is 0 Å². The summed E-state index contributed by atoms with van der Waals surface area (Å²) >= 11 is 0. The third kappa shape index (κ3) is 1.99. The van der Waals surface area contributed by atoms with Crippen LogP contribution >= 0.6 is 0 Å². The van der Waals surface area contributed by atoms with E-state index in [2.05, 4.69) is 39.8 Å². The Hall–Kier alpha value is -1.81. The number of hydrogen-bond donors (Lipinski definition) is 2. The first-order chi connectivity index (χ1) is 8.88. The van der Waals surface area contributed by atoms with Crippen LogP contribution in [0.1, 0.15) is 0 Å². The molecule has 0 unspecified atom stereocenters. The summed E-state index contributed by atoms with van der Waals surface area (Å²) in [6.45, 7) is 4.18. The number of benzene rings is 1. The Balaban J connectivity index is 2.09. The molecule has 0 aliphatic carbocycles. The molecule has 0 atom stereocenters. The smallest absolute Gasteiger partial charge is 0.126 e. The maximum Gasteiger partial charge on any atom is 0.126 e. The minimum Gasteiger partial charge on any atom is -0.373 e. The highest BCUT2D eigenvalue weighted by Crippen LogP contribution is 2.26. The summed E-state index contributed by atoms with van der Waals surface area (Å²) in [5.74, 6) is 0.921. The molecule has 0 amide bonds. The number of nitrogens with one attached hydrogen (secondary N) is 2. The highest BCUT2D eigenvalue weighted by atomic mass is 15.2. The predicted molar refractivity (Wildman–Crippen MR) is 76.4 cm³/mol. The van der Waals surface area contributed by atoms with Crippen molar-refractivity contribution in [2.75, 3.05) is 43.4 Å². The van der Waals surface area contributed by atoms with Gasteiger partial charge in [-0.05, 0) is 18.2 Å². The van der Waals surface area contributed by atoms with Crippen LogP contribution in [0.4, 0.5) is 11.5 Å². The summed E-state index contributed by atoms with van der Waals surface area (Å²) in [5.41, 5.74) is 2.33. The van der Waals surface area contributed by atoms with E-state index in [0.717, 1.165) is 37.5 Å². The normalized spacial score (nSPS) is 15.9. The van der Waals surface area contributed by atoms with Gasteiger partial charge in [-0.15, -0.1) is 0 Å². The van der Waals surface area contributed by atoms with Gasteiger partial charge in [0.25, 0.3) is 0 Å². The molecule has 0 bridgehead atoms. The van der Waals surface area contributed by atoms with Crippen molar-refractivity contribution in [3.8, 4) is 0 Å². The van der Waals surface area contributed by atoms with Crippen molar-refractivity contribution in [1.29, 1.82) is 0 Å². The number of piperazine rings is 1. The first-order valence-electron chi connectivity index (χ1n) is 6.42. The lowest BCUT2D eigenvalue weighted by Crippen LogP contribution is -2.43. The molecule has 2 heterocycles. The fraction of sp³-hybridized carbons (Fsp3) is 0.357. The zero-order valence-electron chi connectivity index (χ0n) is 10.6. The van der Waals surface area contributed by atoms with E-state index in [-0.39, 0.29) is 0 Å². The average molecular weight is 242 g/mol. The fourth-order valence-corrected chi connectivity index (χ4v) is 2.43. The van der Waals surface area contributed by atoms with E-state index in [1.54, 1.807) is 0 Å². The SMILES string of the molecule is CNc1ccc2cccc(N3CCNCC3)c2n1. The fourth-order valence-electron chi connectivity index (χ4n) is 2.43. The van der Waals surface area contributed by atoms with Gasteiger partial charge in [0.05, 0.1) is 11.2 Å². The van der Waals surface area contributed by atoms with Gasteiger partial charge in [0.1, 0.15) is 5.82 Å². The van der Waals surface area contributed by atoms with Gasteiger partial charge in [0.15, 0.2) is 0 Å². The maximum atomic E-state index is 4.70. The zero-order valence-corrected chi connectivity index (χ0v) is 10.6. The Morgan fingerprint density at radius 1 is 1.17 bits per heavy atom. The lowest BCUT2D eigenvalue weighted by atomic mass is 10.1. The van der Waals surface area contributed by atoms with Crippen LogP contribution in [-0.4, -0.2) is 38.2 Å². The van der Waals surface area contributed by atoms with Crippen LogP contribution in [0, 0.1) is 0 Å². The summed E-state index contributed by atoms with van der Waals surface area (Å²) in [5, 5.41) is 7.69. The maximum absolute atomic E-state index is 4.70. The molecular weight excluding hydrogens is 224 g/mol. The molecule has 4 heteroatoms. The molecule has 1 fully saturated rings. The molecule has 18 heavy (non-hydrogen) atoms. The number of para-hydroxylation sites is 1. The lowest BCUT2D eigenvalue weighted by Gasteiger charge is -2.30. The standard InChI is InChI=1S/C14H18N4/c1-15-13-6-5-11-3-2-4-12(14(11)17-13)18-9-7-16-8-10-18/h2-6,16H,7-10H2,1H3,(H,15,17). The Kier molecular flexibility index (Phi) is 3.02. The summed E-state index contributed by atoms with van der Waals surface area (Å²) in [6, 6.07) is 10.5. The first kappa shape index (κ1) is 11.3. The Labute approximate surface area is 107 Å². The quantitative estimate of drug-likeness (QED) is 0.840. The molecule has 3 rings (SSSR count). The van der Waals surface area contributed by atoms with Crippen molar-refractivity contribution >= 4 is 22.4 Å². The van der Waals surface area contributed by atoms with Gasteiger partial charge in [0.2, 0.25) is 0 Å². The van der Waals surface area contributed by atoms with E-state index in [1.807, 2.05) is 13.1 Å². The van der Waals surface area contributed by atoms with Crippen molar-refractivity contribution in [1.82, 2.24) is 10.3 Å². The zero-order chi connectivity index (χ0) is 12.4. The van der Waals surface area contributed by atoms with E-state index in [9.17, 15) is 0 Å². The molecule has 1 aliphatic rings. The topological polar surface area (TPSA) is 40.2 Å². The molecule has 2 aromatic rings. The molecule has 2 N–H and O–H groups in total. The van der Waals surface area contributed by atoms with Gasteiger partial charge < -0.3 is 15.5 Å². The molecule has 1 aromatic carbocycles. The molecule has 1 saturated heterocycles. The van der Waals surface area contributed by atoms with Crippen LogP contribution < -0.4 is 15.5 Å². The summed E-state index contributed by atoms with van der Waals surface area (Å²) in [4.78, 5) is 7.10. The van der Waals surface area contributed by atoms with Crippen molar-refractivity contribution in [3.63, 3.8) is 0 Å². The van der Waals surface area contributed by atoms with Gasteiger partial charge in [-0.1, -0.05) is 12.1 Å². The molecule has 94 valence electrons. The van der Waals surface area contributed by atoms with Crippen LogP contribution in [-0.2, 0) is 0 Å². The van der Waals surface area contributed by atoms with Crippen LogP contribution in [0.2, 0.25) is 0 Å². The monoisotopic (exact) mass is 242 g/mol. The number of hydrogen-bond acceptors (Lipinski definition) is 4. The van der Waals surface area contributed by atoms with Gasteiger partial charge in [-0.25, -0.2) is 4.98 Å². The Morgan fingerprint density at radius 3 is 2.78 bits per heavy atom. The van der Waals surface area contributed by atoms with Gasteiger partial charge in [-0.3, -0.25) is 0 Å². The highest BCUT2D eigenvalue weighted by Gasteiger charge is 2.13. The largest absolute Gasteiger partial charge is 0.373 e. The number of aromatic nitrogens is 1. The minimum atomic E-state index is 0.921. The highest BCUT2D eigenvalue weighted by molar-refractivity contribution is 5.92. The van der Waals surface area contributed by atoms with Gasteiger partial charge in [0, 0.05) is 38.6 Å². The molecule has 0 spiro atoms. The molecule has 1 aromatic heterocycles. The predicted octanol–water partition coefficient (Wildman–Crippen LogP) is 1.69. The van der Waals surface area contributed by atoms with E-state index in [0.29, 0.717) is 0 Å². The molecule has 0 saturated carbocycles. The summed E-state index contributed by atoms with van der Waals surface area (Å²) in [7, 11) is 1.90. The second-order valence-corrected chi connectivity index (χ2v) is 4.53. The van der Waals surface area contributed by atoms with Crippen molar-refractivity contribution < 1.29 is 0 Å². The third-order valence-electron chi connectivity index (χ3n) is 3.41. The minimum absolute atomic E-state index is 0.921. The second-order valence-electron chi connectivity index (χ2n) is 4.53. The van der Waals surface area contributed by atoms with E-state index in [1.165, 1.54) is 11.1 Å². The van der Waals surface area contributed by atoms with Crippen LogP contribution in [0.5, 0.6) is 0 Å². The summed E-state index contributed by atoms with van der Waals surface area (Å²) in [6.07, 6.45) is 0. The summed E-state index contributed by atoms with van der Waals surface area (Å²) < 4.78 is 0. The molecular formula is C14H18N4. The number of rotatable bonds is 2. The third-order valence-corrected chi connectivity index (χ3v) is 3.41. The second kappa shape index (κ2) is 4.82. The van der Waals surface area contributed by atoms with Gasteiger partial charge in [-0.2, -0.15) is 0 Å². The van der Waals surface area contributed by atoms with Crippen molar-refractivity contribution in [2.45, 2.75) is 0 Å². The van der Waals surface area contributed by atoms with Crippen LogP contribution in [0.25, 0.3) is 10.9 Å². The number of anilines is 2. The average Bonchev–Trinajstić information content (AvgIpc) is 2.47.